The van der Waals surface area contributed by atoms with Crippen LogP contribution in [0, 0.1) is 0 Å². The van der Waals surface area contributed by atoms with Crippen molar-refractivity contribution in [2.75, 3.05) is 0 Å². The molecule has 114 valence electrons. The summed E-state index contributed by atoms with van der Waals surface area (Å²) in [7, 11) is 0. The first-order valence-corrected chi connectivity index (χ1v) is 9.39. The lowest BCUT2D eigenvalue weighted by atomic mass is 10.1. The van der Waals surface area contributed by atoms with E-state index in [0.29, 0.717) is 12.1 Å². The maximum atomic E-state index is 13.0. The molecule has 0 spiro atoms. The Morgan fingerprint density at radius 1 is 0.952 bits per heavy atom. The fourth-order valence-electron chi connectivity index (χ4n) is 3.88. The average Bonchev–Trinajstić information content (AvgIpc) is 3.21. The van der Waals surface area contributed by atoms with Crippen molar-refractivity contribution in [3.8, 4) is 0 Å². The normalized spacial score (nSPS) is 20.0. The predicted molar refractivity (Wildman–Crippen MR) is 89.8 cm³/mol. The Labute approximate surface area is 136 Å². The summed E-state index contributed by atoms with van der Waals surface area (Å²) in [6, 6.07) is 9.08. The monoisotopic (exact) mass is 349 g/mol. The molecule has 3 rings (SSSR count). The molecule has 0 saturated heterocycles. The molecular formula is C18H24BrNO. The molecule has 0 atom stereocenters. The number of nitrogens with zero attached hydrogens (tertiary/aromatic N) is 1. The second kappa shape index (κ2) is 6.95. The lowest BCUT2D eigenvalue weighted by molar-refractivity contribution is 0.0580. The van der Waals surface area contributed by atoms with Crippen molar-refractivity contribution >= 4 is 21.8 Å². The molecule has 2 aliphatic carbocycles. The minimum Gasteiger partial charge on any atom is -0.333 e. The third-order valence-corrected chi connectivity index (χ3v) is 5.67. The van der Waals surface area contributed by atoms with Crippen LogP contribution in [0.5, 0.6) is 0 Å². The fraction of sp³-hybridized carbons (Fsp3) is 0.611. The zero-order chi connectivity index (χ0) is 14.7. The van der Waals surface area contributed by atoms with E-state index in [0.717, 1.165) is 10.9 Å². The van der Waals surface area contributed by atoms with Crippen molar-refractivity contribution < 1.29 is 4.79 Å². The van der Waals surface area contributed by atoms with Crippen LogP contribution in [0.4, 0.5) is 0 Å². The first-order valence-electron chi connectivity index (χ1n) is 8.27. The highest BCUT2D eigenvalue weighted by atomic mass is 79.9. The Bertz CT molecular complexity index is 456. The van der Waals surface area contributed by atoms with Gasteiger partial charge in [0.2, 0.25) is 0 Å². The number of alkyl halides is 1. The molecule has 0 aromatic heterocycles. The molecule has 1 aromatic carbocycles. The maximum Gasteiger partial charge on any atom is 0.254 e. The molecule has 2 fully saturated rings. The zero-order valence-electron chi connectivity index (χ0n) is 12.6. The fourth-order valence-corrected chi connectivity index (χ4v) is 4.25. The highest BCUT2D eigenvalue weighted by Crippen LogP contribution is 2.32. The minimum absolute atomic E-state index is 0.259. The first-order chi connectivity index (χ1) is 10.3. The van der Waals surface area contributed by atoms with Gasteiger partial charge in [-0.3, -0.25) is 4.79 Å². The van der Waals surface area contributed by atoms with Gasteiger partial charge in [0.15, 0.2) is 0 Å². The van der Waals surface area contributed by atoms with E-state index in [-0.39, 0.29) is 5.91 Å². The van der Waals surface area contributed by atoms with Crippen LogP contribution in [-0.4, -0.2) is 22.9 Å². The van der Waals surface area contributed by atoms with Crippen molar-refractivity contribution in [3.05, 3.63) is 35.4 Å². The quantitative estimate of drug-likeness (QED) is 0.707. The van der Waals surface area contributed by atoms with Gasteiger partial charge in [0.25, 0.3) is 5.91 Å². The predicted octanol–water partition coefficient (Wildman–Crippen LogP) is 4.91. The van der Waals surface area contributed by atoms with E-state index < -0.39 is 0 Å². The van der Waals surface area contributed by atoms with Crippen molar-refractivity contribution in [1.82, 2.24) is 4.90 Å². The molecule has 2 nitrogen and oxygen atoms in total. The van der Waals surface area contributed by atoms with Crippen LogP contribution in [0.15, 0.2) is 24.3 Å². The van der Waals surface area contributed by atoms with E-state index in [1.165, 1.54) is 56.9 Å². The number of benzene rings is 1. The lowest BCUT2D eigenvalue weighted by Gasteiger charge is -2.34. The first kappa shape index (κ1) is 15.1. The number of carbonyl (C=O) groups is 1. The van der Waals surface area contributed by atoms with Crippen LogP contribution in [0.3, 0.4) is 0 Å². The number of carbonyl (C=O) groups excluding carboxylic acids is 1. The number of rotatable bonds is 4. The molecule has 2 saturated carbocycles. The van der Waals surface area contributed by atoms with E-state index in [2.05, 4.69) is 33.0 Å². The van der Waals surface area contributed by atoms with Gasteiger partial charge in [0.05, 0.1) is 0 Å². The zero-order valence-corrected chi connectivity index (χ0v) is 14.1. The molecule has 0 heterocycles. The highest BCUT2D eigenvalue weighted by molar-refractivity contribution is 9.08. The molecule has 21 heavy (non-hydrogen) atoms. The Balaban J connectivity index is 1.81. The topological polar surface area (TPSA) is 20.3 Å². The molecule has 0 bridgehead atoms. The summed E-state index contributed by atoms with van der Waals surface area (Å²) >= 11 is 3.46. The molecule has 1 aromatic rings. The van der Waals surface area contributed by atoms with Crippen LogP contribution in [-0.2, 0) is 5.33 Å². The Hall–Kier alpha value is -0.830. The highest BCUT2D eigenvalue weighted by Gasteiger charge is 2.34. The summed E-state index contributed by atoms with van der Waals surface area (Å²) in [5.41, 5.74) is 2.08. The molecule has 2 aliphatic rings. The average molecular weight is 350 g/mol. The van der Waals surface area contributed by atoms with E-state index in [1.54, 1.807) is 0 Å². The molecule has 1 amide bonds. The second-order valence-electron chi connectivity index (χ2n) is 6.42. The maximum absolute atomic E-state index is 13.0. The number of amides is 1. The van der Waals surface area contributed by atoms with Crippen LogP contribution >= 0.6 is 15.9 Å². The van der Waals surface area contributed by atoms with Crippen LogP contribution in [0.1, 0.15) is 67.3 Å². The SMILES string of the molecule is O=C(c1ccc(CBr)cc1)N(C1CCCC1)C1CCCC1. The number of hydrogen-bond donors (Lipinski definition) is 0. The Morgan fingerprint density at radius 2 is 1.43 bits per heavy atom. The molecule has 0 N–H and O–H groups in total. The summed E-state index contributed by atoms with van der Waals surface area (Å²) in [6.45, 7) is 0. The van der Waals surface area contributed by atoms with E-state index in [4.69, 9.17) is 0 Å². The summed E-state index contributed by atoms with van der Waals surface area (Å²) in [5.74, 6) is 0.259. The molecular weight excluding hydrogens is 326 g/mol. The van der Waals surface area contributed by atoms with E-state index in [1.807, 2.05) is 12.1 Å². The van der Waals surface area contributed by atoms with Gasteiger partial charge in [-0.25, -0.2) is 0 Å². The Kier molecular flexibility index (Phi) is 4.99. The smallest absolute Gasteiger partial charge is 0.254 e. The van der Waals surface area contributed by atoms with E-state index >= 15 is 0 Å². The van der Waals surface area contributed by atoms with Gasteiger partial charge in [-0.1, -0.05) is 53.7 Å². The van der Waals surface area contributed by atoms with Gasteiger partial charge in [0.1, 0.15) is 0 Å². The summed E-state index contributed by atoms with van der Waals surface area (Å²) in [6.07, 6.45) is 9.91. The van der Waals surface area contributed by atoms with Gasteiger partial charge < -0.3 is 4.90 Å². The van der Waals surface area contributed by atoms with Gasteiger partial charge in [0, 0.05) is 23.0 Å². The largest absolute Gasteiger partial charge is 0.333 e. The van der Waals surface area contributed by atoms with E-state index in [9.17, 15) is 4.79 Å². The van der Waals surface area contributed by atoms with Crippen LogP contribution in [0.25, 0.3) is 0 Å². The standard InChI is InChI=1S/C18H24BrNO/c19-13-14-9-11-15(12-10-14)18(21)20(16-5-1-2-6-16)17-7-3-4-8-17/h9-12,16-17H,1-8,13H2. The third-order valence-electron chi connectivity index (χ3n) is 5.03. The molecule has 0 radical (unpaired) electrons. The van der Waals surface area contributed by atoms with Crippen molar-refractivity contribution in [1.29, 1.82) is 0 Å². The molecule has 0 aliphatic heterocycles. The number of hydrogen-bond acceptors (Lipinski definition) is 1. The minimum atomic E-state index is 0.259. The third kappa shape index (κ3) is 3.33. The summed E-state index contributed by atoms with van der Waals surface area (Å²) in [4.78, 5) is 15.3. The summed E-state index contributed by atoms with van der Waals surface area (Å²) < 4.78 is 0. The van der Waals surface area contributed by atoms with Crippen molar-refractivity contribution in [2.24, 2.45) is 0 Å². The van der Waals surface area contributed by atoms with Gasteiger partial charge in [-0.2, -0.15) is 0 Å². The van der Waals surface area contributed by atoms with Crippen LogP contribution in [0.2, 0.25) is 0 Å². The number of halogens is 1. The summed E-state index contributed by atoms with van der Waals surface area (Å²) in [5, 5.41) is 0.844. The van der Waals surface area contributed by atoms with Gasteiger partial charge >= 0.3 is 0 Å². The lowest BCUT2D eigenvalue weighted by Crippen LogP contribution is -2.45. The Morgan fingerprint density at radius 3 is 1.86 bits per heavy atom. The van der Waals surface area contributed by atoms with Gasteiger partial charge in [-0.15, -0.1) is 0 Å². The second-order valence-corrected chi connectivity index (χ2v) is 6.98. The van der Waals surface area contributed by atoms with Crippen molar-refractivity contribution in [2.45, 2.75) is 68.8 Å². The van der Waals surface area contributed by atoms with Crippen molar-refractivity contribution in [3.63, 3.8) is 0 Å². The van der Waals surface area contributed by atoms with Crippen LogP contribution < -0.4 is 0 Å². The molecule has 0 unspecified atom stereocenters. The molecule has 3 heteroatoms. The van der Waals surface area contributed by atoms with Gasteiger partial charge in [-0.05, 0) is 43.4 Å².